The lowest BCUT2D eigenvalue weighted by atomic mass is 9.47. The highest BCUT2D eigenvalue weighted by Gasteiger charge is 2.56. The van der Waals surface area contributed by atoms with Crippen LogP contribution >= 0.6 is 0 Å². The van der Waals surface area contributed by atoms with Crippen molar-refractivity contribution in [2.45, 2.75) is 94.8 Å². The zero-order valence-corrected chi connectivity index (χ0v) is 18.8. The van der Waals surface area contributed by atoms with Crippen molar-refractivity contribution >= 4 is 0 Å². The summed E-state index contributed by atoms with van der Waals surface area (Å²) < 4.78 is 0. The molecule has 1 aromatic rings. The van der Waals surface area contributed by atoms with Crippen molar-refractivity contribution in [2.75, 3.05) is 0 Å². The van der Waals surface area contributed by atoms with Gasteiger partial charge in [-0.25, -0.2) is 0 Å². The maximum absolute atomic E-state index is 10.2. The fourth-order valence-corrected chi connectivity index (χ4v) is 10.5. The molecule has 1 aromatic heterocycles. The number of rotatable bonds is 2. The van der Waals surface area contributed by atoms with E-state index < -0.39 is 0 Å². The minimum absolute atomic E-state index is 0.107. The van der Waals surface area contributed by atoms with Crippen LogP contribution in [0.1, 0.15) is 105 Å². The van der Waals surface area contributed by atoms with Gasteiger partial charge in [0, 0.05) is 10.8 Å². The lowest BCUT2D eigenvalue weighted by Crippen LogP contribution is -2.51. The largest absolute Gasteiger partial charge is 0.254 e. The summed E-state index contributed by atoms with van der Waals surface area (Å²) in [7, 11) is 0. The Morgan fingerprint density at radius 2 is 0.903 bits per heavy atom. The van der Waals surface area contributed by atoms with E-state index in [1.807, 2.05) is 6.92 Å². The Kier molecular flexibility index (Phi) is 3.69. The summed E-state index contributed by atoms with van der Waals surface area (Å²) in [6.45, 7) is 2.05. The number of hydrogen-bond donors (Lipinski definition) is 0. The average Bonchev–Trinajstić information content (AvgIpc) is 2.71. The Morgan fingerprint density at radius 3 is 1.16 bits per heavy atom. The van der Waals surface area contributed by atoms with Crippen molar-refractivity contribution < 1.29 is 0 Å². The fraction of sp³-hybridized carbons (Fsp3) is 0.750. The third-order valence-corrected chi connectivity index (χ3v) is 10.8. The number of aromatic nitrogens is 1. The van der Waals surface area contributed by atoms with Crippen LogP contribution in [-0.4, -0.2) is 4.98 Å². The molecule has 0 saturated heterocycles. The molecule has 0 unspecified atom stereocenters. The van der Waals surface area contributed by atoms with Crippen LogP contribution in [-0.2, 0) is 10.8 Å². The van der Waals surface area contributed by atoms with Gasteiger partial charge in [0.25, 0.3) is 0 Å². The Labute approximate surface area is 186 Å². The summed E-state index contributed by atoms with van der Waals surface area (Å²) in [6.07, 6.45) is 15.8. The Morgan fingerprint density at radius 1 is 0.613 bits per heavy atom. The lowest BCUT2D eigenvalue weighted by Gasteiger charge is -2.58. The van der Waals surface area contributed by atoms with Crippen molar-refractivity contribution in [3.8, 4) is 12.1 Å². The molecular weight excluding hydrogens is 378 g/mol. The van der Waals surface area contributed by atoms with Gasteiger partial charge in [-0.05, 0) is 125 Å². The van der Waals surface area contributed by atoms with Crippen molar-refractivity contribution in [2.24, 2.45) is 35.5 Å². The molecule has 0 aromatic carbocycles. The van der Waals surface area contributed by atoms with Crippen molar-refractivity contribution in [1.82, 2.24) is 4.98 Å². The molecule has 8 bridgehead atoms. The van der Waals surface area contributed by atoms with Gasteiger partial charge in [-0.1, -0.05) is 0 Å². The molecule has 0 spiro atoms. The summed E-state index contributed by atoms with van der Waals surface area (Å²) in [5, 5.41) is 20.5. The SMILES string of the molecule is Cc1c(C#N)c(C23CC4CC(CC(C4)C2)C3)nc(C23CC4CC(CC(C4)C2)C3)c1C#N. The van der Waals surface area contributed by atoms with Gasteiger partial charge < -0.3 is 0 Å². The van der Waals surface area contributed by atoms with Gasteiger partial charge in [0.15, 0.2) is 0 Å². The zero-order valence-electron chi connectivity index (χ0n) is 18.8. The minimum Gasteiger partial charge on any atom is -0.254 e. The third kappa shape index (κ3) is 2.47. The monoisotopic (exact) mass is 411 g/mol. The minimum atomic E-state index is 0.107. The van der Waals surface area contributed by atoms with Crippen molar-refractivity contribution in [3.05, 3.63) is 28.1 Å². The number of nitriles is 2. The van der Waals surface area contributed by atoms with E-state index in [4.69, 9.17) is 4.98 Å². The van der Waals surface area contributed by atoms with Gasteiger partial charge in [0.05, 0.1) is 22.5 Å². The Balaban J connectivity index is 1.43. The highest BCUT2D eigenvalue weighted by Crippen LogP contribution is 2.63. The quantitative estimate of drug-likeness (QED) is 0.593. The molecule has 8 aliphatic rings. The van der Waals surface area contributed by atoms with E-state index in [0.717, 1.165) is 63.6 Å². The first-order valence-electron chi connectivity index (χ1n) is 12.9. The van der Waals surface area contributed by atoms with Gasteiger partial charge in [-0.3, -0.25) is 4.98 Å². The van der Waals surface area contributed by atoms with E-state index in [2.05, 4.69) is 12.1 Å². The van der Waals surface area contributed by atoms with Crippen LogP contribution in [0.25, 0.3) is 0 Å². The standard InChI is InChI=1S/C28H33N3/c1-16-23(14-29)25(27-8-17-2-18(9-27)4-19(3-17)10-27)31-26(24(16)15-30)28-11-20-5-21(12-28)7-22(6-20)13-28/h17-22H,2-13H2,1H3. The summed E-state index contributed by atoms with van der Waals surface area (Å²) in [4.78, 5) is 5.51. The first-order chi connectivity index (χ1) is 15.0. The normalized spacial score (nSPS) is 46.2. The van der Waals surface area contributed by atoms with E-state index in [1.54, 1.807) is 0 Å². The summed E-state index contributed by atoms with van der Waals surface area (Å²) in [5.74, 6) is 4.99. The lowest BCUT2D eigenvalue weighted by molar-refractivity contribution is -0.0126. The molecule has 1 heterocycles. The second kappa shape index (κ2) is 6.13. The molecule has 31 heavy (non-hydrogen) atoms. The maximum Gasteiger partial charge on any atom is 0.101 e. The molecule has 9 rings (SSSR count). The zero-order chi connectivity index (χ0) is 21.0. The number of nitrogens with zero attached hydrogens (tertiary/aromatic N) is 3. The fourth-order valence-electron chi connectivity index (χ4n) is 10.5. The molecule has 3 nitrogen and oxygen atoms in total. The van der Waals surface area contributed by atoms with Crippen LogP contribution in [0.3, 0.4) is 0 Å². The molecular formula is C28H33N3. The number of pyridine rings is 1. The van der Waals surface area contributed by atoms with Gasteiger partial charge in [0.1, 0.15) is 12.1 Å². The van der Waals surface area contributed by atoms with Gasteiger partial charge >= 0.3 is 0 Å². The van der Waals surface area contributed by atoms with Crippen molar-refractivity contribution in [1.29, 1.82) is 10.5 Å². The average molecular weight is 412 g/mol. The third-order valence-electron chi connectivity index (χ3n) is 10.8. The molecule has 8 saturated carbocycles. The topological polar surface area (TPSA) is 60.5 Å². The molecule has 0 amide bonds. The van der Waals surface area contributed by atoms with E-state index in [0.29, 0.717) is 0 Å². The molecule has 160 valence electrons. The van der Waals surface area contributed by atoms with Crippen LogP contribution in [0, 0.1) is 65.1 Å². The first kappa shape index (κ1) is 18.7. The van der Waals surface area contributed by atoms with E-state index >= 15 is 0 Å². The van der Waals surface area contributed by atoms with Crippen LogP contribution in [0.5, 0.6) is 0 Å². The summed E-state index contributed by atoms with van der Waals surface area (Å²) >= 11 is 0. The number of hydrogen-bond acceptors (Lipinski definition) is 3. The predicted octanol–water partition coefficient (Wildman–Crippen LogP) is 6.07. The van der Waals surface area contributed by atoms with Crippen LogP contribution in [0.15, 0.2) is 0 Å². The summed E-state index contributed by atoms with van der Waals surface area (Å²) in [6, 6.07) is 5.10. The highest BCUT2D eigenvalue weighted by molar-refractivity contribution is 5.56. The first-order valence-corrected chi connectivity index (χ1v) is 12.9. The molecule has 0 aliphatic heterocycles. The Bertz CT molecular complexity index is 901. The van der Waals surface area contributed by atoms with E-state index in [-0.39, 0.29) is 10.8 Å². The van der Waals surface area contributed by atoms with Crippen LogP contribution < -0.4 is 0 Å². The summed E-state index contributed by atoms with van der Waals surface area (Å²) in [5.41, 5.74) is 4.91. The second-order valence-electron chi connectivity index (χ2n) is 12.8. The molecule has 8 fully saturated rings. The smallest absolute Gasteiger partial charge is 0.101 e. The Hall–Kier alpha value is -1.87. The predicted molar refractivity (Wildman–Crippen MR) is 118 cm³/mol. The molecule has 0 atom stereocenters. The molecule has 8 aliphatic carbocycles. The van der Waals surface area contributed by atoms with Crippen LogP contribution in [0.2, 0.25) is 0 Å². The molecule has 0 radical (unpaired) electrons. The highest BCUT2D eigenvalue weighted by atomic mass is 14.8. The van der Waals surface area contributed by atoms with Gasteiger partial charge in [-0.2, -0.15) is 10.5 Å². The molecule has 3 heteroatoms. The maximum atomic E-state index is 10.2. The van der Waals surface area contributed by atoms with E-state index in [1.165, 1.54) is 77.0 Å². The van der Waals surface area contributed by atoms with Crippen LogP contribution in [0.4, 0.5) is 0 Å². The second-order valence-corrected chi connectivity index (χ2v) is 12.8. The molecule has 0 N–H and O–H groups in total. The van der Waals surface area contributed by atoms with Gasteiger partial charge in [0.2, 0.25) is 0 Å². The van der Waals surface area contributed by atoms with Crippen molar-refractivity contribution in [3.63, 3.8) is 0 Å². The van der Waals surface area contributed by atoms with Gasteiger partial charge in [-0.15, -0.1) is 0 Å². The van der Waals surface area contributed by atoms with E-state index in [9.17, 15) is 10.5 Å².